The number of nitrogens with zero attached hydrogens (tertiary/aromatic N) is 3. The first-order valence-electron chi connectivity index (χ1n) is 6.15. The van der Waals surface area contributed by atoms with Crippen LogP contribution in [-0.2, 0) is 0 Å². The molecule has 92 valence electrons. The molecule has 0 aliphatic carbocycles. The zero-order valence-corrected chi connectivity index (χ0v) is 9.77. The molecule has 2 aliphatic rings. The van der Waals surface area contributed by atoms with E-state index in [1.54, 1.807) is 12.3 Å². The molecule has 1 aromatic rings. The van der Waals surface area contributed by atoms with Crippen LogP contribution in [0.25, 0.3) is 0 Å². The van der Waals surface area contributed by atoms with Gasteiger partial charge in [-0.15, -0.1) is 0 Å². The van der Waals surface area contributed by atoms with E-state index < -0.39 is 0 Å². The number of halogens is 1. The Morgan fingerprint density at radius 1 is 1.24 bits per heavy atom. The van der Waals surface area contributed by atoms with Crippen LogP contribution in [0.1, 0.15) is 0 Å². The molecule has 17 heavy (non-hydrogen) atoms. The molecule has 0 aromatic carbocycles. The van der Waals surface area contributed by atoms with Gasteiger partial charge >= 0.3 is 0 Å². The number of nitrogens with one attached hydrogen (secondary N) is 1. The zero-order chi connectivity index (χ0) is 11.7. The van der Waals surface area contributed by atoms with Gasteiger partial charge in [0.15, 0.2) is 11.6 Å². The van der Waals surface area contributed by atoms with Crippen LogP contribution in [0.5, 0.6) is 0 Å². The van der Waals surface area contributed by atoms with E-state index in [9.17, 15) is 4.39 Å². The van der Waals surface area contributed by atoms with Gasteiger partial charge in [0.05, 0.1) is 0 Å². The minimum absolute atomic E-state index is 0.216. The summed E-state index contributed by atoms with van der Waals surface area (Å²) in [7, 11) is 0. The molecule has 0 unspecified atom stereocenters. The van der Waals surface area contributed by atoms with Gasteiger partial charge in [0.25, 0.3) is 0 Å². The molecule has 3 heterocycles. The minimum atomic E-state index is -0.216. The Labute approximate surface area is 100 Å². The number of hydrogen-bond acceptors (Lipinski definition) is 4. The highest BCUT2D eigenvalue weighted by molar-refractivity contribution is 5.40. The molecule has 2 saturated heterocycles. The lowest BCUT2D eigenvalue weighted by Crippen LogP contribution is -2.61. The van der Waals surface area contributed by atoms with Crippen molar-refractivity contribution in [1.82, 2.24) is 15.2 Å². The van der Waals surface area contributed by atoms with Gasteiger partial charge in [-0.2, -0.15) is 0 Å². The van der Waals surface area contributed by atoms with Crippen LogP contribution >= 0.6 is 0 Å². The standard InChI is InChI=1S/C12H17FN4/c13-11-2-1-3-15-12(11)17-6-4-16(5-7-17)10-8-14-9-10/h1-3,10,14H,4-9H2. The normalized spacial score (nSPS) is 22.5. The van der Waals surface area contributed by atoms with Gasteiger partial charge in [0.2, 0.25) is 0 Å². The Morgan fingerprint density at radius 2 is 2.00 bits per heavy atom. The van der Waals surface area contributed by atoms with Gasteiger partial charge in [-0.05, 0) is 12.1 Å². The number of aromatic nitrogens is 1. The summed E-state index contributed by atoms with van der Waals surface area (Å²) in [5, 5.41) is 3.28. The van der Waals surface area contributed by atoms with E-state index in [-0.39, 0.29) is 5.82 Å². The Kier molecular flexibility index (Phi) is 2.94. The van der Waals surface area contributed by atoms with E-state index >= 15 is 0 Å². The van der Waals surface area contributed by atoms with Gasteiger partial charge in [-0.3, -0.25) is 4.90 Å². The van der Waals surface area contributed by atoms with Crippen molar-refractivity contribution < 1.29 is 4.39 Å². The largest absolute Gasteiger partial charge is 0.352 e. The van der Waals surface area contributed by atoms with Crippen LogP contribution in [0, 0.1) is 5.82 Å². The molecule has 1 N–H and O–H groups in total. The summed E-state index contributed by atoms with van der Waals surface area (Å²) in [6, 6.07) is 3.80. The lowest BCUT2D eigenvalue weighted by molar-refractivity contribution is 0.137. The average Bonchev–Trinajstić information content (AvgIpc) is 2.29. The van der Waals surface area contributed by atoms with Crippen LogP contribution in [0.3, 0.4) is 0 Å². The van der Waals surface area contributed by atoms with E-state index in [1.807, 2.05) is 4.90 Å². The number of piperazine rings is 1. The maximum atomic E-state index is 13.6. The third-order valence-electron chi connectivity index (χ3n) is 3.63. The Hall–Kier alpha value is -1.20. The quantitative estimate of drug-likeness (QED) is 0.801. The fourth-order valence-corrected chi connectivity index (χ4v) is 2.44. The van der Waals surface area contributed by atoms with Crippen LogP contribution in [-0.4, -0.2) is 55.2 Å². The highest BCUT2D eigenvalue weighted by Crippen LogP contribution is 2.18. The molecule has 2 aliphatic heterocycles. The molecular weight excluding hydrogens is 219 g/mol. The monoisotopic (exact) mass is 236 g/mol. The number of pyridine rings is 1. The van der Waals surface area contributed by atoms with Crippen LogP contribution in [0.2, 0.25) is 0 Å². The van der Waals surface area contributed by atoms with E-state index in [1.165, 1.54) is 6.07 Å². The summed E-state index contributed by atoms with van der Waals surface area (Å²) >= 11 is 0. The third-order valence-corrected chi connectivity index (χ3v) is 3.63. The molecule has 0 bridgehead atoms. The first-order chi connectivity index (χ1) is 8.34. The van der Waals surface area contributed by atoms with Gasteiger partial charge in [-0.1, -0.05) is 0 Å². The van der Waals surface area contributed by atoms with Gasteiger partial charge < -0.3 is 10.2 Å². The predicted octanol–water partition coefficient (Wildman–Crippen LogP) is 0.314. The topological polar surface area (TPSA) is 31.4 Å². The van der Waals surface area contributed by atoms with Gasteiger partial charge in [-0.25, -0.2) is 9.37 Å². The van der Waals surface area contributed by atoms with Crippen molar-refractivity contribution in [3.8, 4) is 0 Å². The summed E-state index contributed by atoms with van der Waals surface area (Å²) in [4.78, 5) is 8.65. The second-order valence-corrected chi connectivity index (χ2v) is 4.64. The van der Waals surface area contributed by atoms with Crippen LogP contribution in [0.15, 0.2) is 18.3 Å². The first-order valence-corrected chi connectivity index (χ1v) is 6.15. The predicted molar refractivity (Wildman–Crippen MR) is 64.6 cm³/mol. The average molecular weight is 236 g/mol. The van der Waals surface area contributed by atoms with Crippen molar-refractivity contribution >= 4 is 5.82 Å². The fourth-order valence-electron chi connectivity index (χ4n) is 2.44. The molecule has 3 rings (SSSR count). The minimum Gasteiger partial charge on any atom is -0.352 e. The SMILES string of the molecule is Fc1cccnc1N1CCN(C2CNC2)CC1. The Balaban J connectivity index is 1.63. The second-order valence-electron chi connectivity index (χ2n) is 4.64. The fraction of sp³-hybridized carbons (Fsp3) is 0.583. The zero-order valence-electron chi connectivity index (χ0n) is 9.77. The molecule has 0 saturated carbocycles. The first kappa shape index (κ1) is 10.9. The molecule has 0 spiro atoms. The van der Waals surface area contributed by atoms with Gasteiger partial charge in [0, 0.05) is 51.5 Å². The van der Waals surface area contributed by atoms with Crippen LogP contribution < -0.4 is 10.2 Å². The van der Waals surface area contributed by atoms with Crippen molar-refractivity contribution in [2.75, 3.05) is 44.2 Å². The maximum absolute atomic E-state index is 13.6. The summed E-state index contributed by atoms with van der Waals surface area (Å²) < 4.78 is 13.6. The number of rotatable bonds is 2. The van der Waals surface area contributed by atoms with Crippen molar-refractivity contribution in [2.45, 2.75) is 6.04 Å². The molecular formula is C12H17FN4. The Bertz CT molecular complexity index is 386. The summed E-state index contributed by atoms with van der Waals surface area (Å²) in [6.45, 7) is 5.93. The smallest absolute Gasteiger partial charge is 0.165 e. The second kappa shape index (κ2) is 4.58. The van der Waals surface area contributed by atoms with Crippen molar-refractivity contribution in [2.24, 2.45) is 0 Å². The molecule has 4 nitrogen and oxygen atoms in total. The van der Waals surface area contributed by atoms with E-state index in [2.05, 4.69) is 15.2 Å². The van der Waals surface area contributed by atoms with E-state index in [0.717, 1.165) is 39.3 Å². The lowest BCUT2D eigenvalue weighted by Gasteiger charge is -2.43. The third kappa shape index (κ3) is 2.12. The van der Waals surface area contributed by atoms with Crippen LogP contribution in [0.4, 0.5) is 10.2 Å². The summed E-state index contributed by atoms with van der Waals surface area (Å²) in [5.41, 5.74) is 0. The summed E-state index contributed by atoms with van der Waals surface area (Å²) in [6.07, 6.45) is 1.65. The molecule has 0 radical (unpaired) electrons. The van der Waals surface area contributed by atoms with E-state index in [4.69, 9.17) is 0 Å². The molecule has 1 aromatic heterocycles. The molecule has 0 atom stereocenters. The summed E-state index contributed by atoms with van der Waals surface area (Å²) in [5.74, 6) is 0.283. The Morgan fingerprint density at radius 3 is 2.59 bits per heavy atom. The van der Waals surface area contributed by atoms with Gasteiger partial charge in [0.1, 0.15) is 0 Å². The number of anilines is 1. The van der Waals surface area contributed by atoms with E-state index in [0.29, 0.717) is 11.9 Å². The maximum Gasteiger partial charge on any atom is 0.165 e. The molecule has 2 fully saturated rings. The molecule has 0 amide bonds. The van der Waals surface area contributed by atoms with Crippen molar-refractivity contribution in [3.05, 3.63) is 24.1 Å². The molecule has 5 heteroatoms. The highest BCUT2D eigenvalue weighted by atomic mass is 19.1. The number of hydrogen-bond donors (Lipinski definition) is 1. The highest BCUT2D eigenvalue weighted by Gasteiger charge is 2.28. The van der Waals surface area contributed by atoms with Crippen molar-refractivity contribution in [1.29, 1.82) is 0 Å². The lowest BCUT2D eigenvalue weighted by atomic mass is 10.1. The van der Waals surface area contributed by atoms with Crippen molar-refractivity contribution in [3.63, 3.8) is 0 Å².